The van der Waals surface area contributed by atoms with E-state index in [2.05, 4.69) is 10.2 Å². The number of rotatable bonds is 9. The first-order chi connectivity index (χ1) is 13.5. The topological polar surface area (TPSA) is 90.4 Å². The number of aromatic nitrogens is 3. The maximum Gasteiger partial charge on any atom is 0.191 e. The van der Waals surface area contributed by atoms with Crippen LogP contribution in [0.1, 0.15) is 29.5 Å². The second kappa shape index (κ2) is 9.07. The molecule has 7 nitrogen and oxygen atoms in total. The van der Waals surface area contributed by atoms with E-state index in [1.807, 2.05) is 31.5 Å². The summed E-state index contributed by atoms with van der Waals surface area (Å²) in [7, 11) is 1.88. The zero-order valence-electron chi connectivity index (χ0n) is 16.1. The summed E-state index contributed by atoms with van der Waals surface area (Å²) in [6.45, 7) is 3.86. The SMILES string of the molecule is CCC(=O)c1ccc(OC[C@@H](O)CSc2nnc(-c3ccoc3C)n2C)cc1. The van der Waals surface area contributed by atoms with E-state index in [9.17, 15) is 9.90 Å². The van der Waals surface area contributed by atoms with E-state index in [-0.39, 0.29) is 12.4 Å². The Morgan fingerprint density at radius 1 is 1.29 bits per heavy atom. The molecule has 0 saturated heterocycles. The number of ether oxygens (including phenoxy) is 1. The molecule has 0 bridgehead atoms. The van der Waals surface area contributed by atoms with Gasteiger partial charge in [-0.1, -0.05) is 18.7 Å². The van der Waals surface area contributed by atoms with E-state index in [1.54, 1.807) is 30.5 Å². The number of thioether (sulfide) groups is 1. The molecule has 2 aromatic heterocycles. The van der Waals surface area contributed by atoms with Crippen molar-refractivity contribution in [2.45, 2.75) is 31.5 Å². The number of Topliss-reactive ketones (excluding diaryl/α,β-unsaturated/α-hetero) is 1. The molecule has 3 aromatic rings. The van der Waals surface area contributed by atoms with E-state index in [1.165, 1.54) is 11.8 Å². The van der Waals surface area contributed by atoms with Crippen molar-refractivity contribution in [2.24, 2.45) is 7.05 Å². The molecular weight excluding hydrogens is 378 g/mol. The second-order valence-electron chi connectivity index (χ2n) is 6.33. The molecule has 0 saturated carbocycles. The highest BCUT2D eigenvalue weighted by Crippen LogP contribution is 2.26. The largest absolute Gasteiger partial charge is 0.491 e. The minimum Gasteiger partial charge on any atom is -0.491 e. The summed E-state index contributed by atoms with van der Waals surface area (Å²) < 4.78 is 12.8. The molecule has 0 aliphatic heterocycles. The number of hydrogen-bond donors (Lipinski definition) is 1. The van der Waals surface area contributed by atoms with Crippen LogP contribution in [0.4, 0.5) is 0 Å². The van der Waals surface area contributed by atoms with Crippen LogP contribution < -0.4 is 4.74 Å². The Balaban J connectivity index is 1.51. The highest BCUT2D eigenvalue weighted by molar-refractivity contribution is 7.99. The van der Waals surface area contributed by atoms with Crippen LogP contribution in [0.25, 0.3) is 11.4 Å². The molecule has 1 aromatic carbocycles. The normalized spacial score (nSPS) is 12.1. The number of carbonyl (C=O) groups excluding carboxylic acids is 1. The van der Waals surface area contributed by atoms with Crippen LogP contribution in [0.5, 0.6) is 5.75 Å². The lowest BCUT2D eigenvalue weighted by Crippen LogP contribution is -2.20. The molecule has 1 N–H and O–H groups in total. The Labute approximate surface area is 167 Å². The Kier molecular flexibility index (Phi) is 6.53. The van der Waals surface area contributed by atoms with Gasteiger partial charge in [0, 0.05) is 24.8 Å². The maximum atomic E-state index is 11.6. The van der Waals surface area contributed by atoms with Gasteiger partial charge in [-0.3, -0.25) is 4.79 Å². The average Bonchev–Trinajstić information content (AvgIpc) is 3.29. The molecule has 0 aliphatic rings. The summed E-state index contributed by atoms with van der Waals surface area (Å²) in [5.41, 5.74) is 1.56. The maximum absolute atomic E-state index is 11.6. The van der Waals surface area contributed by atoms with E-state index >= 15 is 0 Å². The van der Waals surface area contributed by atoms with Crippen LogP contribution in [0.3, 0.4) is 0 Å². The van der Waals surface area contributed by atoms with Gasteiger partial charge in [-0.05, 0) is 37.3 Å². The number of carbonyl (C=O) groups is 1. The van der Waals surface area contributed by atoms with Gasteiger partial charge in [0.15, 0.2) is 16.8 Å². The Hall–Kier alpha value is -2.58. The molecule has 0 spiro atoms. The highest BCUT2D eigenvalue weighted by atomic mass is 32.2. The summed E-state index contributed by atoms with van der Waals surface area (Å²) in [6, 6.07) is 8.81. The molecule has 148 valence electrons. The van der Waals surface area contributed by atoms with Crippen molar-refractivity contribution < 1.29 is 19.1 Å². The van der Waals surface area contributed by atoms with Gasteiger partial charge in [-0.15, -0.1) is 10.2 Å². The molecule has 0 amide bonds. The quantitative estimate of drug-likeness (QED) is 0.433. The monoisotopic (exact) mass is 401 g/mol. The fourth-order valence-electron chi connectivity index (χ4n) is 2.64. The molecule has 28 heavy (non-hydrogen) atoms. The predicted octanol–water partition coefficient (Wildman–Crippen LogP) is 3.51. The van der Waals surface area contributed by atoms with Crippen molar-refractivity contribution in [3.05, 3.63) is 47.9 Å². The predicted molar refractivity (Wildman–Crippen MR) is 107 cm³/mol. The second-order valence-corrected chi connectivity index (χ2v) is 7.32. The van der Waals surface area contributed by atoms with Crippen LogP contribution >= 0.6 is 11.8 Å². The highest BCUT2D eigenvalue weighted by Gasteiger charge is 2.16. The summed E-state index contributed by atoms with van der Waals surface area (Å²) >= 11 is 1.41. The van der Waals surface area contributed by atoms with Crippen LogP contribution in [-0.4, -0.2) is 44.1 Å². The number of aliphatic hydroxyl groups is 1. The number of aryl methyl sites for hydroxylation is 1. The number of nitrogens with zero attached hydrogens (tertiary/aromatic N) is 3. The minimum absolute atomic E-state index is 0.0941. The molecule has 8 heteroatoms. The molecule has 1 atom stereocenters. The molecule has 0 fully saturated rings. The smallest absolute Gasteiger partial charge is 0.191 e. The van der Waals surface area contributed by atoms with Gasteiger partial charge in [0.1, 0.15) is 18.1 Å². The number of benzene rings is 1. The van der Waals surface area contributed by atoms with Gasteiger partial charge in [-0.25, -0.2) is 0 Å². The van der Waals surface area contributed by atoms with Gasteiger partial charge in [0.2, 0.25) is 0 Å². The van der Waals surface area contributed by atoms with Gasteiger partial charge in [-0.2, -0.15) is 0 Å². The third-order valence-electron chi connectivity index (χ3n) is 4.28. The van der Waals surface area contributed by atoms with Crippen molar-refractivity contribution in [2.75, 3.05) is 12.4 Å². The lowest BCUT2D eigenvalue weighted by Gasteiger charge is -2.12. The van der Waals surface area contributed by atoms with E-state index < -0.39 is 6.10 Å². The molecular formula is C20H23N3O4S. The summed E-state index contributed by atoms with van der Waals surface area (Å²) in [5.74, 6) is 2.64. The standard InChI is InChI=1S/C20H23N3O4S/c1-4-18(25)14-5-7-16(8-6-14)27-11-15(24)12-28-20-22-21-19(23(20)3)17-9-10-26-13(17)2/h5-10,15,24H,4,11-12H2,1-3H3/t15-/m1/s1. The zero-order valence-corrected chi connectivity index (χ0v) is 16.9. The fourth-order valence-corrected chi connectivity index (χ4v) is 3.46. The van der Waals surface area contributed by atoms with Crippen molar-refractivity contribution >= 4 is 17.5 Å². The average molecular weight is 401 g/mol. The fraction of sp³-hybridized carbons (Fsp3) is 0.350. The van der Waals surface area contributed by atoms with Crippen LogP contribution in [0.15, 0.2) is 46.2 Å². The first kappa shape index (κ1) is 20.2. The van der Waals surface area contributed by atoms with Gasteiger partial charge in [0.05, 0.1) is 17.9 Å². The minimum atomic E-state index is -0.669. The Morgan fingerprint density at radius 3 is 2.68 bits per heavy atom. The van der Waals surface area contributed by atoms with Crippen LogP contribution in [0, 0.1) is 6.92 Å². The number of aliphatic hydroxyl groups excluding tert-OH is 1. The van der Waals surface area contributed by atoms with E-state index in [0.717, 1.165) is 17.1 Å². The third kappa shape index (κ3) is 4.63. The van der Waals surface area contributed by atoms with Crippen LogP contribution in [0.2, 0.25) is 0 Å². The summed E-state index contributed by atoms with van der Waals surface area (Å²) in [5, 5.41) is 19.3. The van der Waals surface area contributed by atoms with E-state index in [0.29, 0.717) is 28.6 Å². The molecule has 3 rings (SSSR count). The number of hydrogen-bond acceptors (Lipinski definition) is 7. The molecule has 0 radical (unpaired) electrons. The first-order valence-electron chi connectivity index (χ1n) is 9.00. The molecule has 2 heterocycles. The number of ketones is 1. The summed E-state index contributed by atoms with van der Waals surface area (Å²) in [4.78, 5) is 11.6. The molecule has 0 aliphatic carbocycles. The first-order valence-corrected chi connectivity index (χ1v) is 9.99. The van der Waals surface area contributed by atoms with Gasteiger partial charge < -0.3 is 18.8 Å². The third-order valence-corrected chi connectivity index (χ3v) is 5.44. The molecule has 0 unspecified atom stereocenters. The van der Waals surface area contributed by atoms with Crippen molar-refractivity contribution in [3.63, 3.8) is 0 Å². The van der Waals surface area contributed by atoms with Crippen LogP contribution in [-0.2, 0) is 7.05 Å². The Bertz CT molecular complexity index is 933. The van der Waals surface area contributed by atoms with Crippen molar-refractivity contribution in [1.82, 2.24) is 14.8 Å². The summed E-state index contributed by atoms with van der Waals surface area (Å²) in [6.07, 6.45) is 1.43. The lowest BCUT2D eigenvalue weighted by atomic mass is 10.1. The van der Waals surface area contributed by atoms with Crippen molar-refractivity contribution in [1.29, 1.82) is 0 Å². The van der Waals surface area contributed by atoms with Crippen molar-refractivity contribution in [3.8, 4) is 17.1 Å². The number of furan rings is 1. The van der Waals surface area contributed by atoms with Gasteiger partial charge in [0.25, 0.3) is 0 Å². The zero-order chi connectivity index (χ0) is 20.1. The lowest BCUT2D eigenvalue weighted by molar-refractivity contribution is 0.0987. The van der Waals surface area contributed by atoms with E-state index in [4.69, 9.17) is 9.15 Å². The Morgan fingerprint density at radius 2 is 2.04 bits per heavy atom. The van der Waals surface area contributed by atoms with Gasteiger partial charge >= 0.3 is 0 Å².